The van der Waals surface area contributed by atoms with Gasteiger partial charge in [0, 0.05) is 31.6 Å². The van der Waals surface area contributed by atoms with E-state index in [1.807, 2.05) is 17.0 Å². The molecule has 0 atom stereocenters. The Morgan fingerprint density at radius 3 is 2.82 bits per heavy atom. The van der Waals surface area contributed by atoms with Crippen LogP contribution in [0.2, 0.25) is 0 Å². The Balaban J connectivity index is 2.89. The van der Waals surface area contributed by atoms with Gasteiger partial charge >= 0.3 is 0 Å². The average Bonchev–Trinajstić information content (AvgIpc) is 2.35. The smallest absolute Gasteiger partial charge is 0.101 e. The van der Waals surface area contributed by atoms with E-state index in [1.165, 1.54) is 0 Å². The lowest BCUT2D eigenvalue weighted by Crippen LogP contribution is -2.30. The predicted octanol–water partition coefficient (Wildman–Crippen LogP) is 0.586. The molecule has 0 aliphatic heterocycles. The molecular formula is C12H17N3O2. The van der Waals surface area contributed by atoms with Crippen molar-refractivity contribution in [3.8, 4) is 6.07 Å². The highest BCUT2D eigenvalue weighted by molar-refractivity contribution is 5.62. The van der Waals surface area contributed by atoms with E-state index in [-0.39, 0.29) is 6.61 Å². The summed E-state index contributed by atoms with van der Waals surface area (Å²) in [6.45, 7) is 1.77. The number of methoxy groups -OCH3 is 1. The van der Waals surface area contributed by atoms with Gasteiger partial charge in [-0.05, 0) is 18.2 Å². The van der Waals surface area contributed by atoms with Gasteiger partial charge in [-0.15, -0.1) is 0 Å². The molecule has 0 aromatic heterocycles. The van der Waals surface area contributed by atoms with E-state index in [4.69, 9.17) is 20.8 Å². The van der Waals surface area contributed by atoms with Gasteiger partial charge in [-0.3, -0.25) is 0 Å². The van der Waals surface area contributed by atoms with E-state index >= 15 is 0 Å². The van der Waals surface area contributed by atoms with Crippen LogP contribution in [0.5, 0.6) is 0 Å². The van der Waals surface area contributed by atoms with Crippen LogP contribution in [0.15, 0.2) is 18.2 Å². The molecule has 0 saturated heterocycles. The zero-order chi connectivity index (χ0) is 12.7. The third-order valence-electron chi connectivity index (χ3n) is 2.46. The lowest BCUT2D eigenvalue weighted by Gasteiger charge is -2.23. The van der Waals surface area contributed by atoms with Gasteiger partial charge in [0.25, 0.3) is 0 Å². The van der Waals surface area contributed by atoms with Crippen molar-refractivity contribution >= 4 is 11.4 Å². The molecule has 0 aliphatic rings. The van der Waals surface area contributed by atoms with Crippen LogP contribution in [0.4, 0.5) is 11.4 Å². The van der Waals surface area contributed by atoms with E-state index in [9.17, 15) is 0 Å². The number of nitrogens with two attached hydrogens (primary N) is 1. The minimum Gasteiger partial charge on any atom is -0.398 e. The summed E-state index contributed by atoms with van der Waals surface area (Å²) in [5, 5.41) is 17.9. The van der Waals surface area contributed by atoms with Gasteiger partial charge in [0.1, 0.15) is 6.07 Å². The van der Waals surface area contributed by atoms with Gasteiger partial charge < -0.3 is 20.5 Å². The monoisotopic (exact) mass is 235 g/mol. The Morgan fingerprint density at radius 1 is 1.47 bits per heavy atom. The second kappa shape index (κ2) is 6.74. The van der Waals surface area contributed by atoms with Gasteiger partial charge in [-0.1, -0.05) is 0 Å². The lowest BCUT2D eigenvalue weighted by molar-refractivity contribution is 0.203. The lowest BCUT2D eigenvalue weighted by atomic mass is 10.1. The molecule has 17 heavy (non-hydrogen) atoms. The van der Waals surface area contributed by atoms with Crippen LogP contribution in [0.3, 0.4) is 0 Å². The first-order valence-corrected chi connectivity index (χ1v) is 5.37. The van der Waals surface area contributed by atoms with Crippen molar-refractivity contribution in [1.82, 2.24) is 0 Å². The van der Waals surface area contributed by atoms with Gasteiger partial charge in [0.2, 0.25) is 0 Å². The highest BCUT2D eigenvalue weighted by atomic mass is 16.5. The summed E-state index contributed by atoms with van der Waals surface area (Å²) in [5.41, 5.74) is 7.43. The molecule has 1 rings (SSSR count). The number of nitrogen functional groups attached to an aromatic ring is 1. The van der Waals surface area contributed by atoms with Crippen LogP contribution in [0, 0.1) is 11.3 Å². The molecule has 0 heterocycles. The van der Waals surface area contributed by atoms with E-state index in [0.29, 0.717) is 30.9 Å². The molecule has 3 N–H and O–H groups in total. The number of nitrogens with zero attached hydrogens (tertiary/aromatic N) is 2. The molecule has 5 nitrogen and oxygen atoms in total. The first-order chi connectivity index (χ1) is 8.22. The Morgan fingerprint density at radius 2 is 2.24 bits per heavy atom. The van der Waals surface area contributed by atoms with Crippen molar-refractivity contribution in [3.63, 3.8) is 0 Å². The van der Waals surface area contributed by atoms with Gasteiger partial charge in [0.15, 0.2) is 0 Å². The molecule has 0 amide bonds. The summed E-state index contributed by atoms with van der Waals surface area (Å²) >= 11 is 0. The van der Waals surface area contributed by atoms with Crippen molar-refractivity contribution in [2.45, 2.75) is 0 Å². The average molecular weight is 235 g/mol. The minimum atomic E-state index is 0.0516. The topological polar surface area (TPSA) is 82.5 Å². The van der Waals surface area contributed by atoms with E-state index in [1.54, 1.807) is 19.2 Å². The highest BCUT2D eigenvalue weighted by Crippen LogP contribution is 2.20. The number of aliphatic hydroxyl groups excluding tert-OH is 1. The Bertz CT molecular complexity index is 401. The number of anilines is 2. The number of aliphatic hydroxyl groups is 1. The zero-order valence-electron chi connectivity index (χ0n) is 9.89. The maximum Gasteiger partial charge on any atom is 0.101 e. The minimum absolute atomic E-state index is 0.0516. The number of rotatable bonds is 6. The highest BCUT2D eigenvalue weighted by Gasteiger charge is 2.08. The molecule has 0 fully saturated rings. The Kier molecular flexibility index (Phi) is 5.27. The number of nitriles is 1. The second-order valence-corrected chi connectivity index (χ2v) is 3.59. The summed E-state index contributed by atoms with van der Waals surface area (Å²) in [6.07, 6.45) is 0. The number of ether oxygens (including phenoxy) is 1. The molecule has 92 valence electrons. The molecule has 0 bridgehead atoms. The fraction of sp³-hybridized carbons (Fsp3) is 0.417. The zero-order valence-corrected chi connectivity index (χ0v) is 9.89. The molecule has 1 aromatic carbocycles. The standard InChI is InChI=1S/C12H17N3O2/c1-17-7-5-15(4-6-16)11-2-3-12(14)10(8-11)9-13/h2-3,8,16H,4-7,14H2,1H3. The van der Waals surface area contributed by atoms with E-state index in [0.717, 1.165) is 5.69 Å². The number of benzene rings is 1. The molecular weight excluding hydrogens is 218 g/mol. The molecule has 1 aromatic rings. The molecule has 0 saturated carbocycles. The molecule has 0 unspecified atom stereocenters. The molecule has 0 spiro atoms. The van der Waals surface area contributed by atoms with Crippen molar-refractivity contribution in [2.24, 2.45) is 0 Å². The normalized spacial score (nSPS) is 9.94. The van der Waals surface area contributed by atoms with E-state index < -0.39 is 0 Å². The van der Waals surface area contributed by atoms with Crippen molar-refractivity contribution in [1.29, 1.82) is 5.26 Å². The van der Waals surface area contributed by atoms with Crippen molar-refractivity contribution < 1.29 is 9.84 Å². The maximum atomic E-state index is 9.01. The summed E-state index contributed by atoms with van der Waals surface area (Å²) in [7, 11) is 1.63. The fourth-order valence-electron chi connectivity index (χ4n) is 1.53. The van der Waals surface area contributed by atoms with Crippen LogP contribution < -0.4 is 10.6 Å². The second-order valence-electron chi connectivity index (χ2n) is 3.59. The SMILES string of the molecule is COCCN(CCO)c1ccc(N)c(C#N)c1. The molecule has 0 aliphatic carbocycles. The van der Waals surface area contributed by atoms with Crippen molar-refractivity contribution in [2.75, 3.05) is 44.0 Å². The van der Waals surface area contributed by atoms with Crippen molar-refractivity contribution in [3.05, 3.63) is 23.8 Å². The number of hydrogen-bond acceptors (Lipinski definition) is 5. The van der Waals surface area contributed by atoms with Crippen LogP contribution in [0.1, 0.15) is 5.56 Å². The maximum absolute atomic E-state index is 9.01. The van der Waals surface area contributed by atoms with Gasteiger partial charge in [-0.2, -0.15) is 5.26 Å². The number of hydrogen-bond donors (Lipinski definition) is 2. The van der Waals surface area contributed by atoms with Gasteiger partial charge in [0.05, 0.1) is 18.8 Å². The quantitative estimate of drug-likeness (QED) is 0.705. The first kappa shape index (κ1) is 13.3. The Labute approximate surface area is 101 Å². The summed E-state index contributed by atoms with van der Waals surface area (Å²) < 4.78 is 5.01. The van der Waals surface area contributed by atoms with E-state index in [2.05, 4.69) is 0 Å². The summed E-state index contributed by atoms with van der Waals surface area (Å²) in [6, 6.07) is 7.30. The fourth-order valence-corrected chi connectivity index (χ4v) is 1.53. The third kappa shape index (κ3) is 3.63. The predicted molar refractivity (Wildman–Crippen MR) is 66.7 cm³/mol. The van der Waals surface area contributed by atoms with Crippen LogP contribution in [-0.2, 0) is 4.74 Å². The van der Waals surface area contributed by atoms with Crippen LogP contribution in [0.25, 0.3) is 0 Å². The molecule has 0 radical (unpaired) electrons. The summed E-state index contributed by atoms with van der Waals surface area (Å²) in [5.74, 6) is 0. The van der Waals surface area contributed by atoms with Crippen LogP contribution >= 0.6 is 0 Å². The largest absolute Gasteiger partial charge is 0.398 e. The first-order valence-electron chi connectivity index (χ1n) is 5.37. The van der Waals surface area contributed by atoms with Crippen LogP contribution in [-0.4, -0.2) is 38.5 Å². The third-order valence-corrected chi connectivity index (χ3v) is 2.46. The molecule has 5 heteroatoms. The Hall–Kier alpha value is -1.77. The van der Waals surface area contributed by atoms with Gasteiger partial charge in [-0.25, -0.2) is 0 Å². The summed E-state index contributed by atoms with van der Waals surface area (Å²) in [4.78, 5) is 1.95.